The van der Waals surface area contributed by atoms with E-state index in [9.17, 15) is 14.5 Å². The molecule has 34 heavy (non-hydrogen) atoms. The Labute approximate surface area is 196 Å². The highest BCUT2D eigenvalue weighted by Crippen LogP contribution is 2.22. The molecule has 1 aliphatic rings. The highest BCUT2D eigenvalue weighted by Gasteiger charge is 2.26. The lowest BCUT2D eigenvalue weighted by Crippen LogP contribution is -2.44. The van der Waals surface area contributed by atoms with Crippen molar-refractivity contribution < 1.29 is 0 Å². The predicted octanol–water partition coefficient (Wildman–Crippen LogP) is 1.96. The number of aromatic nitrogens is 4. The van der Waals surface area contributed by atoms with E-state index in [0.29, 0.717) is 23.7 Å². The molecule has 10 heteroatoms. The Morgan fingerprint density at radius 1 is 1.26 bits per heavy atom. The van der Waals surface area contributed by atoms with Crippen LogP contribution in [-0.4, -0.2) is 38.0 Å². The van der Waals surface area contributed by atoms with E-state index in [-0.39, 0.29) is 41.3 Å². The molecule has 176 valence electrons. The van der Waals surface area contributed by atoms with Crippen molar-refractivity contribution in [2.24, 2.45) is 18.0 Å². The molecule has 0 radical (unpaired) electrons. The minimum atomic E-state index is -0.372. The van der Waals surface area contributed by atoms with Gasteiger partial charge in [0.15, 0.2) is 5.52 Å². The van der Waals surface area contributed by atoms with E-state index in [1.807, 2.05) is 4.90 Å². The predicted molar refractivity (Wildman–Crippen MR) is 133 cm³/mol. The smallest absolute Gasteiger partial charge is 0.293 e. The largest absolute Gasteiger partial charge is 0.341 e. The van der Waals surface area contributed by atoms with Crippen molar-refractivity contribution in [1.82, 2.24) is 18.9 Å². The number of fused-ring (bicyclic) bond motifs is 1. The maximum atomic E-state index is 13.6. The molecule has 4 rings (SSSR count). The first-order valence-electron chi connectivity index (χ1n) is 11.2. The third-order valence-corrected chi connectivity index (χ3v) is 6.01. The van der Waals surface area contributed by atoms with Gasteiger partial charge in [-0.05, 0) is 31.0 Å². The van der Waals surface area contributed by atoms with Gasteiger partial charge in [0.2, 0.25) is 5.95 Å². The summed E-state index contributed by atoms with van der Waals surface area (Å²) >= 11 is 0. The SMILES string of the molecule is CC#CCn1c(N2CCCC(N)C2)nc2c(=O)n(C)n(C/C=C/c3ccccc3N=O)c(=O)c21. The van der Waals surface area contributed by atoms with Gasteiger partial charge in [-0.15, -0.1) is 10.8 Å². The Bertz CT molecular complexity index is 1430. The lowest BCUT2D eigenvalue weighted by atomic mass is 10.1. The van der Waals surface area contributed by atoms with Crippen molar-refractivity contribution in [3.8, 4) is 11.8 Å². The van der Waals surface area contributed by atoms with E-state index in [1.54, 1.807) is 55.0 Å². The highest BCUT2D eigenvalue weighted by molar-refractivity contribution is 5.77. The zero-order valence-corrected chi connectivity index (χ0v) is 19.3. The van der Waals surface area contributed by atoms with Crippen molar-refractivity contribution >= 4 is 28.7 Å². The van der Waals surface area contributed by atoms with E-state index in [2.05, 4.69) is 22.0 Å². The number of hydrogen-bond acceptors (Lipinski definition) is 7. The number of nitrogens with zero attached hydrogens (tertiary/aromatic N) is 6. The molecule has 1 aromatic carbocycles. The second kappa shape index (κ2) is 9.89. The Morgan fingerprint density at radius 3 is 2.79 bits per heavy atom. The molecule has 1 atom stereocenters. The van der Waals surface area contributed by atoms with Crippen LogP contribution in [0.1, 0.15) is 25.3 Å². The van der Waals surface area contributed by atoms with Gasteiger partial charge in [0.25, 0.3) is 11.1 Å². The molecule has 2 N–H and O–H groups in total. The maximum Gasteiger partial charge on any atom is 0.293 e. The Morgan fingerprint density at radius 2 is 2.06 bits per heavy atom. The van der Waals surface area contributed by atoms with Crippen molar-refractivity contribution in [2.45, 2.75) is 38.9 Å². The van der Waals surface area contributed by atoms with Gasteiger partial charge < -0.3 is 10.6 Å². The lowest BCUT2D eigenvalue weighted by Gasteiger charge is -2.31. The number of benzene rings is 1. The van der Waals surface area contributed by atoms with E-state index >= 15 is 0 Å². The quantitative estimate of drug-likeness (QED) is 0.443. The number of anilines is 1. The van der Waals surface area contributed by atoms with Crippen molar-refractivity contribution in [3.05, 3.63) is 61.5 Å². The number of imidazole rings is 1. The van der Waals surface area contributed by atoms with Gasteiger partial charge in [-0.1, -0.05) is 36.3 Å². The highest BCUT2D eigenvalue weighted by atomic mass is 16.3. The van der Waals surface area contributed by atoms with Crippen LogP contribution < -0.4 is 21.8 Å². The van der Waals surface area contributed by atoms with Gasteiger partial charge >= 0.3 is 0 Å². The fraction of sp³-hybridized carbons (Fsp3) is 0.375. The summed E-state index contributed by atoms with van der Waals surface area (Å²) in [7, 11) is 1.54. The molecule has 0 amide bonds. The van der Waals surface area contributed by atoms with Gasteiger partial charge in [0.1, 0.15) is 11.2 Å². The Hall–Kier alpha value is -3.97. The average molecular weight is 462 g/mol. The van der Waals surface area contributed by atoms with E-state index in [4.69, 9.17) is 5.73 Å². The molecule has 2 aromatic heterocycles. The number of hydrogen-bond donors (Lipinski definition) is 1. The molecular formula is C24H27N7O3. The number of nitroso groups, excluding NO2 is 1. The van der Waals surface area contributed by atoms with Crippen LogP contribution in [0.25, 0.3) is 17.1 Å². The molecule has 1 unspecified atom stereocenters. The van der Waals surface area contributed by atoms with Crippen molar-refractivity contribution in [2.75, 3.05) is 18.0 Å². The second-order valence-electron chi connectivity index (χ2n) is 8.24. The molecule has 10 nitrogen and oxygen atoms in total. The average Bonchev–Trinajstić information content (AvgIpc) is 3.23. The summed E-state index contributed by atoms with van der Waals surface area (Å²) in [5.41, 5.74) is 6.73. The number of piperidine rings is 1. The van der Waals surface area contributed by atoms with Gasteiger partial charge in [-0.3, -0.25) is 14.2 Å². The minimum Gasteiger partial charge on any atom is -0.341 e. The fourth-order valence-electron chi connectivity index (χ4n) is 4.27. The molecule has 0 spiro atoms. The summed E-state index contributed by atoms with van der Waals surface area (Å²) in [5, 5.41) is 3.02. The van der Waals surface area contributed by atoms with Gasteiger partial charge in [-0.25, -0.2) is 14.3 Å². The Kier molecular flexibility index (Phi) is 6.75. The summed E-state index contributed by atoms with van der Waals surface area (Å²) in [6.07, 6.45) is 5.26. The van der Waals surface area contributed by atoms with Crippen LogP contribution >= 0.6 is 0 Å². The first-order valence-corrected chi connectivity index (χ1v) is 11.2. The van der Waals surface area contributed by atoms with Crippen molar-refractivity contribution in [3.63, 3.8) is 0 Å². The molecule has 0 saturated carbocycles. The minimum absolute atomic E-state index is 0.00707. The number of nitrogens with two attached hydrogens (primary N) is 1. The molecule has 3 aromatic rings. The third-order valence-electron chi connectivity index (χ3n) is 6.01. The van der Waals surface area contributed by atoms with Crippen LogP contribution in [0.4, 0.5) is 11.6 Å². The first kappa shape index (κ1) is 23.2. The Balaban J connectivity index is 1.82. The summed E-state index contributed by atoms with van der Waals surface area (Å²) < 4.78 is 4.34. The number of allylic oxidation sites excluding steroid dienone is 1. The van der Waals surface area contributed by atoms with E-state index in [1.165, 1.54) is 9.36 Å². The molecule has 0 aliphatic carbocycles. The maximum absolute atomic E-state index is 13.6. The van der Waals surface area contributed by atoms with Crippen LogP contribution in [0.15, 0.2) is 45.1 Å². The van der Waals surface area contributed by atoms with Crippen LogP contribution in [-0.2, 0) is 20.1 Å². The summed E-state index contributed by atoms with van der Waals surface area (Å²) in [6, 6.07) is 6.90. The van der Waals surface area contributed by atoms with Crippen LogP contribution in [0.2, 0.25) is 0 Å². The molecule has 1 fully saturated rings. The van der Waals surface area contributed by atoms with E-state index < -0.39 is 0 Å². The molecule has 1 aliphatic heterocycles. The normalized spacial score (nSPS) is 16.1. The zero-order valence-electron chi connectivity index (χ0n) is 19.3. The third kappa shape index (κ3) is 4.30. The monoisotopic (exact) mass is 461 g/mol. The number of rotatable bonds is 6. The summed E-state index contributed by atoms with van der Waals surface area (Å²) in [5.74, 6) is 6.39. The van der Waals surface area contributed by atoms with Gasteiger partial charge in [0.05, 0.1) is 13.1 Å². The van der Waals surface area contributed by atoms with Gasteiger partial charge in [0, 0.05) is 31.7 Å². The molecule has 1 saturated heterocycles. The zero-order chi connectivity index (χ0) is 24.2. The first-order chi connectivity index (χ1) is 16.5. The van der Waals surface area contributed by atoms with Crippen molar-refractivity contribution in [1.29, 1.82) is 0 Å². The molecule has 0 bridgehead atoms. The molecular weight excluding hydrogens is 434 g/mol. The van der Waals surface area contributed by atoms with Crippen LogP contribution in [0.5, 0.6) is 0 Å². The van der Waals surface area contributed by atoms with Gasteiger partial charge in [-0.2, -0.15) is 0 Å². The van der Waals surface area contributed by atoms with E-state index in [0.717, 1.165) is 19.4 Å². The molecule has 3 heterocycles. The van der Waals surface area contributed by atoms with Crippen LogP contribution in [0, 0.1) is 16.7 Å². The van der Waals surface area contributed by atoms with Crippen LogP contribution in [0.3, 0.4) is 0 Å². The topological polar surface area (TPSA) is 121 Å². The summed E-state index contributed by atoms with van der Waals surface area (Å²) in [4.78, 5) is 44.4. The lowest BCUT2D eigenvalue weighted by molar-refractivity contribution is 0.495. The summed E-state index contributed by atoms with van der Waals surface area (Å²) in [6.45, 7) is 3.44. The second-order valence-corrected chi connectivity index (χ2v) is 8.24. The standard InChI is InChI=1S/C24H27N7O3/c1-3-4-14-30-21-20(26-24(30)29-13-8-11-18(25)16-29)22(32)28(2)31(23(21)33)15-7-10-17-9-5-6-12-19(17)27-34/h5-7,9-10,12,18H,8,11,13-16,25H2,1-2H3/b10-7+. The fourth-order valence-corrected chi connectivity index (χ4v) is 4.27.